The highest BCUT2D eigenvalue weighted by molar-refractivity contribution is 7.21. The number of nitro benzene ring substituents is 1. The maximum absolute atomic E-state index is 10.9. The van der Waals surface area contributed by atoms with E-state index in [2.05, 4.69) is 24.0 Å². The average Bonchev–Trinajstić information content (AvgIpc) is 3.20. The van der Waals surface area contributed by atoms with Crippen LogP contribution in [0.2, 0.25) is 0 Å². The number of benzene rings is 4. The van der Waals surface area contributed by atoms with Crippen LogP contribution in [0.25, 0.3) is 31.6 Å². The molecule has 4 aromatic carbocycles. The van der Waals surface area contributed by atoms with Crippen LogP contribution in [0.4, 0.5) is 11.4 Å². The number of aromatic hydroxyl groups is 1. The fraction of sp³-hybridized carbons (Fsp3) is 0.0400. The summed E-state index contributed by atoms with van der Waals surface area (Å²) < 4.78 is 1.17. The third-order valence-corrected chi connectivity index (χ3v) is 6.26. The van der Waals surface area contributed by atoms with Gasteiger partial charge in [-0.3, -0.25) is 15.1 Å². The summed E-state index contributed by atoms with van der Waals surface area (Å²) in [6, 6.07) is 21.9. The minimum Gasteiger partial charge on any atom is -0.507 e. The normalized spacial score (nSPS) is 11.5. The van der Waals surface area contributed by atoms with Gasteiger partial charge in [-0.1, -0.05) is 6.07 Å². The Balaban J connectivity index is 1.40. The molecule has 0 atom stereocenters. The molecule has 0 aliphatic rings. The zero-order valence-corrected chi connectivity index (χ0v) is 17.8. The Kier molecular flexibility index (Phi) is 4.88. The molecule has 1 heterocycles. The van der Waals surface area contributed by atoms with Gasteiger partial charge in [0.05, 0.1) is 20.8 Å². The Morgan fingerprint density at radius 2 is 1.81 bits per heavy atom. The van der Waals surface area contributed by atoms with Crippen LogP contribution in [0.15, 0.2) is 77.8 Å². The topological polar surface area (TPSA) is 88.6 Å². The predicted molar refractivity (Wildman–Crippen MR) is 129 cm³/mol. The standard InChI is InChI=1S/C25H17N3O3S/c1-15-2-9-22-24(10-15)32-25(27-22)16-3-6-20(7-4-16)26-14-19-11-17-5-8-21(28(30)31)12-18(17)13-23(19)29/h2-14,29H,1H3. The number of hydrogen-bond donors (Lipinski definition) is 1. The van der Waals surface area contributed by atoms with E-state index in [4.69, 9.17) is 4.98 Å². The van der Waals surface area contributed by atoms with Crippen LogP contribution in [0.3, 0.4) is 0 Å². The Morgan fingerprint density at radius 3 is 2.59 bits per heavy atom. The molecule has 0 unspecified atom stereocenters. The Morgan fingerprint density at radius 1 is 1.00 bits per heavy atom. The molecule has 6 nitrogen and oxygen atoms in total. The van der Waals surface area contributed by atoms with Gasteiger partial charge in [0.1, 0.15) is 10.8 Å². The maximum atomic E-state index is 10.9. The number of hydrogen-bond acceptors (Lipinski definition) is 6. The molecule has 0 aliphatic heterocycles. The number of phenols is 1. The molecule has 1 aromatic heterocycles. The first-order chi connectivity index (χ1) is 15.5. The van der Waals surface area contributed by atoms with Crippen molar-refractivity contribution in [2.75, 3.05) is 0 Å². The summed E-state index contributed by atoms with van der Waals surface area (Å²) in [4.78, 5) is 19.7. The minimum atomic E-state index is -0.453. The minimum absolute atomic E-state index is 0.0123. The van der Waals surface area contributed by atoms with Crippen LogP contribution < -0.4 is 0 Å². The van der Waals surface area contributed by atoms with Crippen LogP contribution in [0.1, 0.15) is 11.1 Å². The molecule has 0 aliphatic carbocycles. The van der Waals surface area contributed by atoms with Gasteiger partial charge < -0.3 is 5.11 Å². The molecule has 5 aromatic rings. The van der Waals surface area contributed by atoms with E-state index in [1.54, 1.807) is 29.7 Å². The van der Waals surface area contributed by atoms with E-state index in [9.17, 15) is 15.2 Å². The van der Waals surface area contributed by atoms with Crippen molar-refractivity contribution in [1.29, 1.82) is 0 Å². The zero-order valence-electron chi connectivity index (χ0n) is 17.0. The van der Waals surface area contributed by atoms with Gasteiger partial charge >= 0.3 is 0 Å². The SMILES string of the molecule is Cc1ccc2nc(-c3ccc(N=Cc4cc5ccc([N+](=O)[O-])cc5cc4O)cc3)sc2c1. The van der Waals surface area contributed by atoms with Gasteiger partial charge in [0, 0.05) is 29.5 Å². The van der Waals surface area contributed by atoms with Crippen molar-refractivity contribution in [2.45, 2.75) is 6.92 Å². The summed E-state index contributed by atoms with van der Waals surface area (Å²) >= 11 is 1.66. The fourth-order valence-corrected chi connectivity index (χ4v) is 4.57. The highest BCUT2D eigenvalue weighted by atomic mass is 32.1. The first kappa shape index (κ1) is 19.8. The van der Waals surface area contributed by atoms with E-state index in [0.29, 0.717) is 10.9 Å². The zero-order chi connectivity index (χ0) is 22.2. The number of nitro groups is 1. The number of phenolic OH excluding ortho intramolecular Hbond substituents is 1. The molecule has 0 spiro atoms. The quantitative estimate of drug-likeness (QED) is 0.190. The second kappa shape index (κ2) is 7.86. The predicted octanol–water partition coefficient (Wildman–Crippen LogP) is 6.79. The van der Waals surface area contributed by atoms with Crippen LogP contribution >= 0.6 is 11.3 Å². The number of rotatable bonds is 4. The largest absolute Gasteiger partial charge is 0.507 e. The summed E-state index contributed by atoms with van der Waals surface area (Å²) in [5.74, 6) is 0.0168. The van der Waals surface area contributed by atoms with Crippen molar-refractivity contribution in [3.63, 3.8) is 0 Å². The second-order valence-corrected chi connectivity index (χ2v) is 8.53. The molecule has 0 radical (unpaired) electrons. The third kappa shape index (κ3) is 3.81. The van der Waals surface area contributed by atoms with Gasteiger partial charge in [-0.05, 0) is 77.9 Å². The van der Waals surface area contributed by atoms with Crippen molar-refractivity contribution in [3.05, 3.63) is 94.0 Å². The molecule has 32 heavy (non-hydrogen) atoms. The molecular weight excluding hydrogens is 422 g/mol. The maximum Gasteiger partial charge on any atom is 0.270 e. The van der Waals surface area contributed by atoms with E-state index >= 15 is 0 Å². The Labute approximate surface area is 187 Å². The van der Waals surface area contributed by atoms with E-state index in [0.717, 1.165) is 27.2 Å². The molecule has 156 valence electrons. The van der Waals surface area contributed by atoms with Gasteiger partial charge in [0.2, 0.25) is 0 Å². The highest BCUT2D eigenvalue weighted by Gasteiger charge is 2.09. The smallest absolute Gasteiger partial charge is 0.270 e. The second-order valence-electron chi connectivity index (χ2n) is 7.49. The molecule has 1 N–H and O–H groups in total. The molecule has 5 rings (SSSR count). The highest BCUT2D eigenvalue weighted by Crippen LogP contribution is 2.32. The number of aromatic nitrogens is 1. The summed E-state index contributed by atoms with van der Waals surface area (Å²) in [6.45, 7) is 2.07. The summed E-state index contributed by atoms with van der Waals surface area (Å²) in [5.41, 5.74) is 4.51. The van der Waals surface area contributed by atoms with E-state index < -0.39 is 4.92 Å². The Hall–Kier alpha value is -4.10. The lowest BCUT2D eigenvalue weighted by molar-refractivity contribution is -0.384. The summed E-state index contributed by atoms with van der Waals surface area (Å²) in [5, 5.41) is 23.6. The van der Waals surface area contributed by atoms with Crippen molar-refractivity contribution < 1.29 is 10.0 Å². The van der Waals surface area contributed by atoms with Crippen molar-refractivity contribution in [1.82, 2.24) is 4.98 Å². The lowest BCUT2D eigenvalue weighted by Crippen LogP contribution is -1.88. The van der Waals surface area contributed by atoms with Gasteiger partial charge in [-0.2, -0.15) is 0 Å². The Bertz CT molecular complexity index is 1520. The molecule has 0 amide bonds. The van der Waals surface area contributed by atoms with Crippen LogP contribution in [-0.2, 0) is 0 Å². The van der Waals surface area contributed by atoms with Gasteiger partial charge in [-0.25, -0.2) is 4.98 Å². The van der Waals surface area contributed by atoms with Crippen molar-refractivity contribution in [2.24, 2.45) is 4.99 Å². The number of fused-ring (bicyclic) bond motifs is 2. The number of thiazole rings is 1. The van der Waals surface area contributed by atoms with E-state index in [1.807, 2.05) is 30.3 Å². The molecule has 0 saturated carbocycles. The van der Waals surface area contributed by atoms with Gasteiger partial charge in [-0.15, -0.1) is 11.3 Å². The molecule has 0 bridgehead atoms. The molecule has 0 fully saturated rings. The number of non-ortho nitro benzene ring substituents is 1. The molecular formula is C25H17N3O3S. The molecule has 0 saturated heterocycles. The monoisotopic (exact) mass is 439 g/mol. The van der Waals surface area contributed by atoms with Crippen LogP contribution in [-0.4, -0.2) is 21.2 Å². The van der Waals surface area contributed by atoms with Gasteiger partial charge in [0.25, 0.3) is 5.69 Å². The lowest BCUT2D eigenvalue weighted by Gasteiger charge is -2.03. The van der Waals surface area contributed by atoms with Crippen LogP contribution in [0.5, 0.6) is 5.75 Å². The third-order valence-electron chi connectivity index (χ3n) is 5.19. The lowest BCUT2D eigenvalue weighted by atomic mass is 10.1. The van der Waals surface area contributed by atoms with E-state index in [-0.39, 0.29) is 11.4 Å². The molecule has 7 heteroatoms. The first-order valence-electron chi connectivity index (χ1n) is 9.89. The average molecular weight is 439 g/mol. The van der Waals surface area contributed by atoms with Crippen molar-refractivity contribution in [3.8, 4) is 16.3 Å². The van der Waals surface area contributed by atoms with E-state index in [1.165, 1.54) is 28.5 Å². The first-order valence-corrected chi connectivity index (χ1v) is 10.7. The fourth-order valence-electron chi connectivity index (χ4n) is 3.50. The van der Waals surface area contributed by atoms with Gasteiger partial charge in [0.15, 0.2) is 0 Å². The van der Waals surface area contributed by atoms with Crippen LogP contribution in [0, 0.1) is 17.0 Å². The summed E-state index contributed by atoms with van der Waals surface area (Å²) in [6.07, 6.45) is 1.59. The van der Waals surface area contributed by atoms with Crippen molar-refractivity contribution >= 4 is 49.9 Å². The summed E-state index contributed by atoms with van der Waals surface area (Å²) in [7, 11) is 0. The number of aryl methyl sites for hydroxylation is 1. The number of nitrogens with zero attached hydrogens (tertiary/aromatic N) is 3. The number of aliphatic imine (C=N–C) groups is 1.